The molecule has 2 aromatic rings. The van der Waals surface area contributed by atoms with Gasteiger partial charge in [-0.3, -0.25) is 4.79 Å². The van der Waals surface area contributed by atoms with Crippen molar-refractivity contribution in [1.82, 2.24) is 0 Å². The number of hydrogen-bond donors (Lipinski definition) is 2. The molecule has 5 heteroatoms. The Bertz CT molecular complexity index is 665. The zero-order valence-corrected chi connectivity index (χ0v) is 10.4. The second kappa shape index (κ2) is 5.95. The quantitative estimate of drug-likeness (QED) is 0.899. The number of benzene rings is 2. The molecule has 0 aliphatic carbocycles. The molecule has 0 saturated heterocycles. The first-order valence-electron chi connectivity index (χ1n) is 5.85. The molecule has 4 nitrogen and oxygen atoms in total. The predicted octanol–water partition coefficient (Wildman–Crippen LogP) is 2.37. The van der Waals surface area contributed by atoms with E-state index in [-0.39, 0.29) is 11.3 Å². The average molecular weight is 270 g/mol. The first-order chi connectivity index (χ1) is 9.61. The van der Waals surface area contributed by atoms with Gasteiger partial charge >= 0.3 is 0 Å². The van der Waals surface area contributed by atoms with Gasteiger partial charge < -0.3 is 10.4 Å². The number of nitrogens with zero attached hydrogens (tertiary/aromatic N) is 1. The molecule has 1 amide bonds. The van der Waals surface area contributed by atoms with E-state index in [0.717, 1.165) is 6.07 Å². The van der Waals surface area contributed by atoms with Gasteiger partial charge in [0.25, 0.3) is 5.91 Å². The number of amides is 1. The summed E-state index contributed by atoms with van der Waals surface area (Å²) in [5.41, 5.74) is 0.535. The summed E-state index contributed by atoms with van der Waals surface area (Å²) in [6.45, 7) is 0. The third kappa shape index (κ3) is 2.99. The van der Waals surface area contributed by atoms with Crippen molar-refractivity contribution in [2.24, 2.45) is 0 Å². The van der Waals surface area contributed by atoms with Crippen LogP contribution < -0.4 is 5.32 Å². The Balaban J connectivity index is 2.14. The summed E-state index contributed by atoms with van der Waals surface area (Å²) in [6.07, 6.45) is -1.33. The molecular formula is C15H11FN2O2. The molecule has 0 spiro atoms. The van der Waals surface area contributed by atoms with E-state index in [2.05, 4.69) is 5.32 Å². The number of nitrogens with one attached hydrogen (secondary N) is 1. The molecule has 0 aromatic heterocycles. The second-order valence-electron chi connectivity index (χ2n) is 4.11. The molecule has 2 N–H and O–H groups in total. The van der Waals surface area contributed by atoms with E-state index in [9.17, 15) is 14.3 Å². The molecule has 0 fully saturated rings. The Labute approximate surface area is 115 Å². The highest BCUT2D eigenvalue weighted by Gasteiger charge is 2.17. The van der Waals surface area contributed by atoms with Gasteiger partial charge in [0.2, 0.25) is 0 Å². The minimum atomic E-state index is -1.33. The van der Waals surface area contributed by atoms with Crippen molar-refractivity contribution in [3.05, 3.63) is 65.5 Å². The Morgan fingerprint density at radius 3 is 2.60 bits per heavy atom. The van der Waals surface area contributed by atoms with E-state index >= 15 is 0 Å². The Morgan fingerprint density at radius 1 is 1.25 bits per heavy atom. The van der Waals surface area contributed by atoms with E-state index < -0.39 is 17.8 Å². The summed E-state index contributed by atoms with van der Waals surface area (Å²) in [4.78, 5) is 11.9. The van der Waals surface area contributed by atoms with Crippen molar-refractivity contribution in [3.8, 4) is 6.07 Å². The highest BCUT2D eigenvalue weighted by atomic mass is 19.1. The van der Waals surface area contributed by atoms with Gasteiger partial charge in [0, 0.05) is 5.69 Å². The number of aliphatic hydroxyl groups excluding tert-OH is 1. The third-order valence-electron chi connectivity index (χ3n) is 2.72. The molecule has 2 aromatic carbocycles. The first kappa shape index (κ1) is 13.7. The predicted molar refractivity (Wildman–Crippen MR) is 71.1 cm³/mol. The zero-order chi connectivity index (χ0) is 14.5. The van der Waals surface area contributed by atoms with Crippen molar-refractivity contribution < 1.29 is 14.3 Å². The molecule has 100 valence electrons. The molecule has 0 aliphatic rings. The van der Waals surface area contributed by atoms with Gasteiger partial charge in [-0.2, -0.15) is 5.26 Å². The fraction of sp³-hybridized carbons (Fsp3) is 0.0667. The van der Waals surface area contributed by atoms with E-state index in [4.69, 9.17) is 5.26 Å². The van der Waals surface area contributed by atoms with E-state index in [1.807, 2.05) is 0 Å². The summed E-state index contributed by atoms with van der Waals surface area (Å²) in [6, 6.07) is 13.7. The maximum atomic E-state index is 13.1. The fourth-order valence-corrected chi connectivity index (χ4v) is 1.69. The summed E-state index contributed by atoms with van der Waals surface area (Å²) in [5.74, 6) is -1.30. The highest BCUT2D eigenvalue weighted by molar-refractivity contribution is 5.94. The fourth-order valence-electron chi connectivity index (χ4n) is 1.69. The van der Waals surface area contributed by atoms with E-state index in [1.165, 1.54) is 12.1 Å². The Kier molecular flexibility index (Phi) is 4.08. The molecule has 0 aliphatic heterocycles. The largest absolute Gasteiger partial charge is 0.378 e. The highest BCUT2D eigenvalue weighted by Crippen LogP contribution is 2.18. The lowest BCUT2D eigenvalue weighted by molar-refractivity contribution is -0.124. The van der Waals surface area contributed by atoms with Crippen LogP contribution in [0.2, 0.25) is 0 Å². The lowest BCUT2D eigenvalue weighted by Gasteiger charge is -2.11. The Hall–Kier alpha value is -2.71. The van der Waals surface area contributed by atoms with Crippen LogP contribution in [-0.4, -0.2) is 11.0 Å². The van der Waals surface area contributed by atoms with Gasteiger partial charge in [0.05, 0.1) is 5.56 Å². The van der Waals surface area contributed by atoms with Crippen LogP contribution in [0.5, 0.6) is 0 Å². The van der Waals surface area contributed by atoms with Crippen LogP contribution in [0.25, 0.3) is 0 Å². The lowest BCUT2D eigenvalue weighted by atomic mass is 10.1. The number of carbonyl (C=O) groups is 1. The topological polar surface area (TPSA) is 73.1 Å². The van der Waals surface area contributed by atoms with Gasteiger partial charge in [0.1, 0.15) is 11.9 Å². The summed E-state index contributed by atoms with van der Waals surface area (Å²) in [5, 5.41) is 21.0. The number of aliphatic hydroxyl groups is 1. The maximum Gasteiger partial charge on any atom is 0.257 e. The van der Waals surface area contributed by atoms with Gasteiger partial charge in [-0.05, 0) is 23.8 Å². The van der Waals surface area contributed by atoms with Crippen molar-refractivity contribution in [2.45, 2.75) is 6.10 Å². The van der Waals surface area contributed by atoms with Crippen LogP contribution in [0, 0.1) is 17.1 Å². The SMILES string of the molecule is N#Cc1cc(NC(=O)C(O)c2ccccc2)ccc1F. The number of nitriles is 1. The molecule has 0 heterocycles. The lowest BCUT2D eigenvalue weighted by Crippen LogP contribution is -2.20. The molecule has 2 rings (SSSR count). The van der Waals surface area contributed by atoms with Crippen molar-refractivity contribution in [2.75, 3.05) is 5.32 Å². The summed E-state index contributed by atoms with van der Waals surface area (Å²) in [7, 11) is 0. The number of rotatable bonds is 3. The van der Waals surface area contributed by atoms with Gasteiger partial charge in [-0.25, -0.2) is 4.39 Å². The third-order valence-corrected chi connectivity index (χ3v) is 2.72. The molecule has 1 atom stereocenters. The standard InChI is InChI=1S/C15H11FN2O2/c16-13-7-6-12(8-11(13)9-17)18-15(20)14(19)10-4-2-1-3-5-10/h1-8,14,19H,(H,18,20). The minimum absolute atomic E-state index is 0.169. The van der Waals surface area contributed by atoms with Crippen LogP contribution >= 0.6 is 0 Å². The molecule has 0 bridgehead atoms. The minimum Gasteiger partial charge on any atom is -0.378 e. The van der Waals surface area contributed by atoms with E-state index in [1.54, 1.807) is 36.4 Å². The van der Waals surface area contributed by atoms with Crippen LogP contribution in [-0.2, 0) is 4.79 Å². The van der Waals surface area contributed by atoms with Gasteiger partial charge in [0.15, 0.2) is 6.10 Å². The number of hydrogen-bond acceptors (Lipinski definition) is 3. The summed E-state index contributed by atoms with van der Waals surface area (Å²) < 4.78 is 13.1. The smallest absolute Gasteiger partial charge is 0.257 e. The van der Waals surface area contributed by atoms with Gasteiger partial charge in [-0.15, -0.1) is 0 Å². The van der Waals surface area contributed by atoms with Gasteiger partial charge in [-0.1, -0.05) is 30.3 Å². The Morgan fingerprint density at radius 2 is 1.95 bits per heavy atom. The van der Waals surface area contributed by atoms with Crippen LogP contribution in [0.3, 0.4) is 0 Å². The number of halogens is 1. The second-order valence-corrected chi connectivity index (χ2v) is 4.11. The average Bonchev–Trinajstić information content (AvgIpc) is 2.49. The molecule has 0 radical (unpaired) electrons. The van der Waals surface area contributed by atoms with Crippen LogP contribution in [0.15, 0.2) is 48.5 Å². The summed E-state index contributed by atoms with van der Waals surface area (Å²) >= 11 is 0. The normalized spacial score (nSPS) is 11.4. The van der Waals surface area contributed by atoms with Crippen molar-refractivity contribution in [1.29, 1.82) is 5.26 Å². The molecule has 0 saturated carbocycles. The maximum absolute atomic E-state index is 13.1. The molecule has 1 unspecified atom stereocenters. The first-order valence-corrected chi connectivity index (χ1v) is 5.85. The number of carbonyl (C=O) groups excluding carboxylic acids is 1. The number of anilines is 1. The van der Waals surface area contributed by atoms with Crippen LogP contribution in [0.1, 0.15) is 17.2 Å². The van der Waals surface area contributed by atoms with Crippen LogP contribution in [0.4, 0.5) is 10.1 Å². The van der Waals surface area contributed by atoms with Crippen molar-refractivity contribution >= 4 is 11.6 Å². The monoisotopic (exact) mass is 270 g/mol. The molecule has 20 heavy (non-hydrogen) atoms. The van der Waals surface area contributed by atoms with Crippen molar-refractivity contribution in [3.63, 3.8) is 0 Å². The zero-order valence-electron chi connectivity index (χ0n) is 10.4. The molecular weight excluding hydrogens is 259 g/mol. The van der Waals surface area contributed by atoms with E-state index in [0.29, 0.717) is 5.56 Å².